The lowest BCUT2D eigenvalue weighted by atomic mass is 10.1. The van der Waals surface area contributed by atoms with Gasteiger partial charge in [-0.05, 0) is 41.9 Å². The van der Waals surface area contributed by atoms with Crippen LogP contribution >= 0.6 is 11.8 Å². The van der Waals surface area contributed by atoms with Crippen molar-refractivity contribution in [2.24, 2.45) is 0 Å². The summed E-state index contributed by atoms with van der Waals surface area (Å²) >= 11 is 1.66. The molecule has 0 radical (unpaired) electrons. The molecule has 4 aromatic rings. The Kier molecular flexibility index (Phi) is 7.41. The lowest BCUT2D eigenvalue weighted by Crippen LogP contribution is -2.16. The number of para-hydroxylation sites is 1. The molecule has 0 aliphatic heterocycles. The fourth-order valence-electron chi connectivity index (χ4n) is 3.19. The predicted molar refractivity (Wildman–Crippen MR) is 122 cm³/mol. The van der Waals surface area contributed by atoms with Crippen molar-refractivity contribution in [2.45, 2.75) is 38.0 Å². The standard InChI is InChI=1S/C22H26N8S/c1-2-15-29-25-20(21(26-29)18-10-5-3-6-11-18)17-23-14-9-16-31-22-24-27-28-30(22)19-12-7-4-8-13-19/h3-8,10-13,23H,2,9,14-17H2,1H3. The number of tetrazole rings is 1. The molecule has 2 aromatic carbocycles. The van der Waals surface area contributed by atoms with Gasteiger partial charge in [-0.25, -0.2) is 0 Å². The number of rotatable bonds is 11. The molecule has 0 saturated carbocycles. The normalized spacial score (nSPS) is 11.1. The average molecular weight is 435 g/mol. The molecule has 0 saturated heterocycles. The molecule has 0 atom stereocenters. The maximum atomic E-state index is 4.69. The van der Waals surface area contributed by atoms with Crippen LogP contribution in [-0.2, 0) is 13.1 Å². The molecule has 31 heavy (non-hydrogen) atoms. The van der Waals surface area contributed by atoms with Crippen LogP contribution in [0, 0.1) is 0 Å². The number of aromatic nitrogens is 7. The van der Waals surface area contributed by atoms with Gasteiger partial charge in [0, 0.05) is 17.9 Å². The lowest BCUT2D eigenvalue weighted by Gasteiger charge is -2.05. The molecule has 4 rings (SSSR count). The van der Waals surface area contributed by atoms with Crippen LogP contribution in [-0.4, -0.2) is 47.5 Å². The monoisotopic (exact) mass is 434 g/mol. The molecule has 2 aromatic heterocycles. The quantitative estimate of drug-likeness (QED) is 0.285. The highest BCUT2D eigenvalue weighted by molar-refractivity contribution is 7.99. The second kappa shape index (κ2) is 10.8. The van der Waals surface area contributed by atoms with Crippen molar-refractivity contribution in [3.63, 3.8) is 0 Å². The third-order valence-electron chi connectivity index (χ3n) is 4.66. The van der Waals surface area contributed by atoms with E-state index in [2.05, 4.69) is 45.0 Å². The number of nitrogens with zero attached hydrogens (tertiary/aromatic N) is 7. The van der Waals surface area contributed by atoms with E-state index in [1.54, 1.807) is 21.2 Å². The molecule has 0 fully saturated rings. The summed E-state index contributed by atoms with van der Waals surface area (Å²) in [7, 11) is 0. The van der Waals surface area contributed by atoms with Crippen LogP contribution in [0.5, 0.6) is 0 Å². The molecule has 0 bridgehead atoms. The minimum atomic E-state index is 0.695. The molecule has 1 N–H and O–H groups in total. The Balaban J connectivity index is 1.28. The number of benzene rings is 2. The molecule has 0 aliphatic rings. The zero-order valence-corrected chi connectivity index (χ0v) is 18.4. The summed E-state index contributed by atoms with van der Waals surface area (Å²) in [5.41, 5.74) is 4.01. The first kappa shape index (κ1) is 21.2. The van der Waals surface area contributed by atoms with Crippen molar-refractivity contribution in [2.75, 3.05) is 12.3 Å². The van der Waals surface area contributed by atoms with E-state index >= 15 is 0 Å². The fourth-order valence-corrected chi connectivity index (χ4v) is 4.02. The average Bonchev–Trinajstić information content (AvgIpc) is 3.45. The molecular weight excluding hydrogens is 408 g/mol. The van der Waals surface area contributed by atoms with E-state index < -0.39 is 0 Å². The maximum absolute atomic E-state index is 4.69. The summed E-state index contributed by atoms with van der Waals surface area (Å²) in [5, 5.41) is 25.8. The van der Waals surface area contributed by atoms with Gasteiger partial charge in [-0.3, -0.25) is 0 Å². The predicted octanol–water partition coefficient (Wildman–Crippen LogP) is 3.60. The summed E-state index contributed by atoms with van der Waals surface area (Å²) < 4.78 is 1.77. The van der Waals surface area contributed by atoms with E-state index in [1.807, 2.05) is 48.5 Å². The van der Waals surface area contributed by atoms with E-state index in [-0.39, 0.29) is 0 Å². The van der Waals surface area contributed by atoms with Crippen LogP contribution in [0.1, 0.15) is 25.5 Å². The molecule has 9 heteroatoms. The van der Waals surface area contributed by atoms with Crippen molar-refractivity contribution in [3.8, 4) is 16.9 Å². The highest BCUT2D eigenvalue weighted by atomic mass is 32.2. The van der Waals surface area contributed by atoms with Crippen LogP contribution in [0.25, 0.3) is 16.9 Å². The zero-order chi connectivity index (χ0) is 21.3. The summed E-state index contributed by atoms with van der Waals surface area (Å²) in [6, 6.07) is 20.2. The zero-order valence-electron chi connectivity index (χ0n) is 17.6. The third kappa shape index (κ3) is 5.56. The van der Waals surface area contributed by atoms with Crippen molar-refractivity contribution in [1.29, 1.82) is 0 Å². The van der Waals surface area contributed by atoms with Gasteiger partial charge in [0.25, 0.3) is 0 Å². The van der Waals surface area contributed by atoms with E-state index in [4.69, 9.17) is 5.10 Å². The van der Waals surface area contributed by atoms with Crippen molar-refractivity contribution >= 4 is 11.8 Å². The Hall–Kier alpha value is -3.04. The molecule has 8 nitrogen and oxygen atoms in total. The van der Waals surface area contributed by atoms with E-state index in [9.17, 15) is 0 Å². The van der Waals surface area contributed by atoms with Gasteiger partial charge in [0.15, 0.2) is 0 Å². The van der Waals surface area contributed by atoms with Crippen molar-refractivity contribution in [1.82, 2.24) is 40.5 Å². The van der Waals surface area contributed by atoms with Gasteiger partial charge in [0.2, 0.25) is 5.16 Å². The lowest BCUT2D eigenvalue weighted by molar-refractivity contribution is 0.521. The van der Waals surface area contributed by atoms with Gasteiger partial charge in [-0.2, -0.15) is 19.7 Å². The number of hydrogen-bond acceptors (Lipinski definition) is 7. The maximum Gasteiger partial charge on any atom is 0.214 e. The van der Waals surface area contributed by atoms with Crippen LogP contribution in [0.15, 0.2) is 65.8 Å². The van der Waals surface area contributed by atoms with Crippen molar-refractivity contribution in [3.05, 3.63) is 66.4 Å². The van der Waals surface area contributed by atoms with Gasteiger partial charge in [-0.15, -0.1) is 5.10 Å². The number of hydrogen-bond donors (Lipinski definition) is 1. The van der Waals surface area contributed by atoms with Gasteiger partial charge in [0.1, 0.15) is 11.4 Å². The second-order valence-electron chi connectivity index (χ2n) is 7.04. The highest BCUT2D eigenvalue weighted by Crippen LogP contribution is 2.20. The molecule has 0 unspecified atom stereocenters. The van der Waals surface area contributed by atoms with Gasteiger partial charge in [0.05, 0.1) is 12.2 Å². The van der Waals surface area contributed by atoms with Crippen LogP contribution < -0.4 is 5.32 Å². The molecule has 0 aliphatic carbocycles. The summed E-state index contributed by atoms with van der Waals surface area (Å²) in [5.74, 6) is 0.925. The minimum absolute atomic E-state index is 0.695. The van der Waals surface area contributed by atoms with Crippen LogP contribution in [0.3, 0.4) is 0 Å². The summed E-state index contributed by atoms with van der Waals surface area (Å²) in [6.45, 7) is 4.54. The van der Waals surface area contributed by atoms with E-state index in [1.165, 1.54) is 0 Å². The first-order valence-corrected chi connectivity index (χ1v) is 11.5. The van der Waals surface area contributed by atoms with Gasteiger partial charge >= 0.3 is 0 Å². The fraction of sp³-hybridized carbons (Fsp3) is 0.318. The SMILES string of the molecule is CCCn1nc(CNCCCSc2nnnn2-c2ccccc2)c(-c2ccccc2)n1. The van der Waals surface area contributed by atoms with Crippen LogP contribution in [0.4, 0.5) is 0 Å². The van der Waals surface area contributed by atoms with E-state index in [0.29, 0.717) is 6.54 Å². The first-order valence-electron chi connectivity index (χ1n) is 10.5. The number of nitrogens with one attached hydrogen (secondary N) is 1. The Labute approximate surface area is 186 Å². The van der Waals surface area contributed by atoms with E-state index in [0.717, 1.165) is 59.5 Å². The Bertz CT molecular complexity index is 1060. The number of aryl methyl sites for hydroxylation is 1. The Morgan fingerprint density at radius 3 is 2.52 bits per heavy atom. The minimum Gasteiger partial charge on any atom is -0.311 e. The van der Waals surface area contributed by atoms with Gasteiger partial charge in [-0.1, -0.05) is 67.2 Å². The molecule has 0 spiro atoms. The molecular formula is C22H26N8S. The van der Waals surface area contributed by atoms with Crippen molar-refractivity contribution < 1.29 is 0 Å². The second-order valence-corrected chi connectivity index (χ2v) is 8.11. The third-order valence-corrected chi connectivity index (χ3v) is 5.66. The Morgan fingerprint density at radius 2 is 1.74 bits per heavy atom. The largest absolute Gasteiger partial charge is 0.311 e. The smallest absolute Gasteiger partial charge is 0.214 e. The first-order chi connectivity index (χ1) is 15.3. The summed E-state index contributed by atoms with van der Waals surface area (Å²) in [4.78, 5) is 1.80. The van der Waals surface area contributed by atoms with Gasteiger partial charge < -0.3 is 5.32 Å². The molecule has 0 amide bonds. The molecule has 2 heterocycles. The Morgan fingerprint density at radius 1 is 0.968 bits per heavy atom. The highest BCUT2D eigenvalue weighted by Gasteiger charge is 2.13. The van der Waals surface area contributed by atoms with Crippen LogP contribution in [0.2, 0.25) is 0 Å². The number of thioether (sulfide) groups is 1. The topological polar surface area (TPSA) is 86.3 Å². The molecule has 160 valence electrons. The summed E-state index contributed by atoms with van der Waals surface area (Å²) in [6.07, 6.45) is 2.01.